The Morgan fingerprint density at radius 1 is 1.42 bits per heavy atom. The third-order valence-corrected chi connectivity index (χ3v) is 1.89. The lowest BCUT2D eigenvalue weighted by Crippen LogP contribution is -1.92. The number of anilines is 1. The quantitative estimate of drug-likeness (QED) is 0.680. The summed E-state index contributed by atoms with van der Waals surface area (Å²) in [5, 5.41) is 7.13. The molecule has 0 bridgehead atoms. The Labute approximate surface area is 70.2 Å². The number of hydrogen-bond donors (Lipinski definition) is 1. The van der Waals surface area contributed by atoms with E-state index in [1.807, 2.05) is 24.8 Å². The van der Waals surface area contributed by atoms with Crippen LogP contribution in [-0.4, -0.2) is 21.8 Å². The van der Waals surface area contributed by atoms with Gasteiger partial charge in [-0.25, -0.2) is 0 Å². The summed E-state index contributed by atoms with van der Waals surface area (Å²) in [5.74, 6) is 0. The molecule has 2 rings (SSSR count). The van der Waals surface area contributed by atoms with E-state index < -0.39 is 0 Å². The van der Waals surface area contributed by atoms with Crippen molar-refractivity contribution >= 4 is 16.7 Å². The van der Waals surface area contributed by atoms with E-state index in [0.717, 1.165) is 16.7 Å². The summed E-state index contributed by atoms with van der Waals surface area (Å²) >= 11 is 0. The molecule has 4 nitrogen and oxygen atoms in total. The number of hydrogen-bond acceptors (Lipinski definition) is 3. The summed E-state index contributed by atoms with van der Waals surface area (Å²) in [7, 11) is 3.78. The molecule has 2 aromatic heterocycles. The van der Waals surface area contributed by atoms with Crippen molar-refractivity contribution in [1.82, 2.24) is 14.8 Å². The second-order valence-corrected chi connectivity index (χ2v) is 2.65. The second kappa shape index (κ2) is 2.48. The number of fused-ring (bicyclic) bond motifs is 1. The first kappa shape index (κ1) is 7.09. The molecule has 12 heavy (non-hydrogen) atoms. The molecular formula is C8H10N4. The van der Waals surface area contributed by atoms with Crippen molar-refractivity contribution in [2.45, 2.75) is 0 Å². The smallest absolute Gasteiger partial charge is 0.108 e. The monoisotopic (exact) mass is 162 g/mol. The van der Waals surface area contributed by atoms with Crippen molar-refractivity contribution in [3.05, 3.63) is 18.5 Å². The predicted molar refractivity (Wildman–Crippen MR) is 48.1 cm³/mol. The van der Waals surface area contributed by atoms with Crippen LogP contribution in [0, 0.1) is 0 Å². The standard InChI is InChI=1S/C8H10N4/c1-9-6-3-8-7(10-4-6)5-11-12(8)2/h3-5,9H,1-2H3. The van der Waals surface area contributed by atoms with Crippen LogP contribution in [0.2, 0.25) is 0 Å². The van der Waals surface area contributed by atoms with Gasteiger partial charge in [0.15, 0.2) is 0 Å². The van der Waals surface area contributed by atoms with Gasteiger partial charge in [-0.05, 0) is 6.07 Å². The van der Waals surface area contributed by atoms with E-state index in [4.69, 9.17) is 0 Å². The van der Waals surface area contributed by atoms with Crippen molar-refractivity contribution in [3.8, 4) is 0 Å². The molecule has 0 saturated heterocycles. The summed E-state index contributed by atoms with van der Waals surface area (Å²) in [6, 6.07) is 2.02. The minimum absolute atomic E-state index is 0.927. The third kappa shape index (κ3) is 0.922. The van der Waals surface area contributed by atoms with Crippen LogP contribution in [-0.2, 0) is 7.05 Å². The highest BCUT2D eigenvalue weighted by Crippen LogP contribution is 2.14. The maximum absolute atomic E-state index is 4.23. The van der Waals surface area contributed by atoms with E-state index in [1.165, 1.54) is 0 Å². The average molecular weight is 162 g/mol. The zero-order chi connectivity index (χ0) is 8.55. The molecule has 2 aromatic rings. The fraction of sp³-hybridized carbons (Fsp3) is 0.250. The first-order valence-electron chi connectivity index (χ1n) is 3.77. The number of pyridine rings is 1. The highest BCUT2D eigenvalue weighted by Gasteiger charge is 2.00. The molecule has 0 saturated carbocycles. The molecule has 2 heterocycles. The molecule has 4 heteroatoms. The van der Waals surface area contributed by atoms with Crippen LogP contribution in [0.5, 0.6) is 0 Å². The first-order valence-corrected chi connectivity index (χ1v) is 3.77. The van der Waals surface area contributed by atoms with Gasteiger partial charge in [0.1, 0.15) is 5.52 Å². The van der Waals surface area contributed by atoms with Gasteiger partial charge in [-0.15, -0.1) is 0 Å². The number of rotatable bonds is 1. The minimum atomic E-state index is 0.927. The van der Waals surface area contributed by atoms with Gasteiger partial charge in [-0.2, -0.15) is 5.10 Å². The van der Waals surface area contributed by atoms with Crippen LogP contribution in [0.15, 0.2) is 18.5 Å². The second-order valence-electron chi connectivity index (χ2n) is 2.65. The van der Waals surface area contributed by atoms with Gasteiger partial charge in [0.05, 0.1) is 23.6 Å². The SMILES string of the molecule is CNc1cnc2cnn(C)c2c1. The van der Waals surface area contributed by atoms with Crippen molar-refractivity contribution in [1.29, 1.82) is 0 Å². The highest BCUT2D eigenvalue weighted by molar-refractivity contribution is 5.77. The molecule has 0 aromatic carbocycles. The van der Waals surface area contributed by atoms with E-state index >= 15 is 0 Å². The van der Waals surface area contributed by atoms with Gasteiger partial charge in [-0.3, -0.25) is 9.67 Å². The van der Waals surface area contributed by atoms with E-state index in [0.29, 0.717) is 0 Å². The summed E-state index contributed by atoms with van der Waals surface area (Å²) in [6.45, 7) is 0. The Morgan fingerprint density at radius 3 is 3.00 bits per heavy atom. The molecule has 0 atom stereocenters. The van der Waals surface area contributed by atoms with Crippen molar-refractivity contribution in [3.63, 3.8) is 0 Å². The fourth-order valence-electron chi connectivity index (χ4n) is 1.16. The van der Waals surface area contributed by atoms with Gasteiger partial charge < -0.3 is 5.32 Å². The van der Waals surface area contributed by atoms with Gasteiger partial charge in [0.2, 0.25) is 0 Å². The molecule has 0 spiro atoms. The van der Waals surface area contributed by atoms with Gasteiger partial charge in [-0.1, -0.05) is 0 Å². The molecule has 0 fully saturated rings. The Hall–Kier alpha value is -1.58. The molecule has 0 aliphatic carbocycles. The summed E-state index contributed by atoms with van der Waals surface area (Å²) in [6.07, 6.45) is 3.55. The van der Waals surface area contributed by atoms with Crippen LogP contribution in [0.3, 0.4) is 0 Å². The minimum Gasteiger partial charge on any atom is -0.387 e. The van der Waals surface area contributed by atoms with Crippen LogP contribution in [0.1, 0.15) is 0 Å². The van der Waals surface area contributed by atoms with Crippen molar-refractivity contribution in [2.75, 3.05) is 12.4 Å². The van der Waals surface area contributed by atoms with Gasteiger partial charge in [0.25, 0.3) is 0 Å². The lowest BCUT2D eigenvalue weighted by Gasteiger charge is -1.98. The maximum Gasteiger partial charge on any atom is 0.108 e. The largest absolute Gasteiger partial charge is 0.387 e. The van der Waals surface area contributed by atoms with Crippen molar-refractivity contribution in [2.24, 2.45) is 7.05 Å². The molecule has 0 aliphatic heterocycles. The summed E-state index contributed by atoms with van der Waals surface area (Å²) < 4.78 is 1.81. The normalized spacial score (nSPS) is 10.5. The zero-order valence-electron chi connectivity index (χ0n) is 7.07. The molecule has 0 amide bonds. The van der Waals surface area contributed by atoms with E-state index in [9.17, 15) is 0 Å². The van der Waals surface area contributed by atoms with Gasteiger partial charge in [0, 0.05) is 14.1 Å². The molecular weight excluding hydrogens is 152 g/mol. The van der Waals surface area contributed by atoms with Crippen LogP contribution >= 0.6 is 0 Å². The Morgan fingerprint density at radius 2 is 2.25 bits per heavy atom. The van der Waals surface area contributed by atoms with E-state index in [1.54, 1.807) is 12.4 Å². The van der Waals surface area contributed by atoms with E-state index in [-0.39, 0.29) is 0 Å². The lowest BCUT2D eigenvalue weighted by atomic mass is 10.3. The highest BCUT2D eigenvalue weighted by atomic mass is 15.3. The zero-order valence-corrected chi connectivity index (χ0v) is 7.07. The Balaban J connectivity index is 2.71. The fourth-order valence-corrected chi connectivity index (χ4v) is 1.16. The number of nitrogens with one attached hydrogen (secondary N) is 1. The summed E-state index contributed by atoms with van der Waals surface area (Å²) in [5.41, 5.74) is 2.98. The number of aromatic nitrogens is 3. The molecule has 0 radical (unpaired) electrons. The van der Waals surface area contributed by atoms with Gasteiger partial charge >= 0.3 is 0 Å². The molecule has 0 unspecified atom stereocenters. The van der Waals surface area contributed by atoms with Crippen molar-refractivity contribution < 1.29 is 0 Å². The molecule has 1 N–H and O–H groups in total. The maximum atomic E-state index is 4.23. The topological polar surface area (TPSA) is 42.7 Å². The summed E-state index contributed by atoms with van der Waals surface area (Å²) in [4.78, 5) is 4.23. The Bertz CT molecular complexity index is 404. The predicted octanol–water partition coefficient (Wildman–Crippen LogP) is 1.01. The average Bonchev–Trinajstić information content (AvgIpc) is 2.47. The first-order chi connectivity index (χ1) is 5.81. The number of aryl methyl sites for hydroxylation is 1. The lowest BCUT2D eigenvalue weighted by molar-refractivity contribution is 0.797. The van der Waals surface area contributed by atoms with E-state index in [2.05, 4.69) is 15.4 Å². The molecule has 62 valence electrons. The molecule has 0 aliphatic rings. The third-order valence-electron chi connectivity index (χ3n) is 1.89. The van der Waals surface area contributed by atoms with Crippen LogP contribution in [0.25, 0.3) is 11.0 Å². The van der Waals surface area contributed by atoms with Crippen LogP contribution < -0.4 is 5.32 Å². The van der Waals surface area contributed by atoms with Crippen LogP contribution in [0.4, 0.5) is 5.69 Å². The number of nitrogens with zero attached hydrogens (tertiary/aromatic N) is 3. The Kier molecular flexibility index (Phi) is 1.46.